The van der Waals surface area contributed by atoms with Crippen LogP contribution in [-0.2, 0) is 4.79 Å². The molecular weight excluding hydrogens is 228 g/mol. The quantitative estimate of drug-likeness (QED) is 0.738. The zero-order chi connectivity index (χ0) is 11.5. The van der Waals surface area contributed by atoms with E-state index in [2.05, 4.69) is 14.9 Å². The summed E-state index contributed by atoms with van der Waals surface area (Å²) in [5.41, 5.74) is 0.625. The third-order valence-electron chi connectivity index (χ3n) is 2.39. The first-order chi connectivity index (χ1) is 7.68. The van der Waals surface area contributed by atoms with Crippen LogP contribution in [0.5, 0.6) is 0 Å². The first-order valence-corrected chi connectivity index (χ1v) is 5.81. The molecule has 1 aromatic heterocycles. The summed E-state index contributed by atoms with van der Waals surface area (Å²) in [5.74, 6) is -0.259. The molecule has 1 fully saturated rings. The molecule has 1 aliphatic heterocycles. The minimum absolute atomic E-state index is 0.110. The lowest BCUT2D eigenvalue weighted by atomic mass is 10.3. The van der Waals surface area contributed by atoms with Crippen LogP contribution in [0.15, 0.2) is 0 Å². The summed E-state index contributed by atoms with van der Waals surface area (Å²) in [4.78, 5) is 25.4. The van der Waals surface area contributed by atoms with Crippen LogP contribution in [0.3, 0.4) is 0 Å². The van der Waals surface area contributed by atoms with Gasteiger partial charge >= 0.3 is 0 Å². The summed E-state index contributed by atoms with van der Waals surface area (Å²) in [6.07, 6.45) is 0.781. The molecule has 0 unspecified atom stereocenters. The van der Waals surface area contributed by atoms with Gasteiger partial charge in [0.05, 0.1) is 12.2 Å². The average Bonchev–Trinajstić information content (AvgIpc) is 2.55. The lowest BCUT2D eigenvalue weighted by molar-refractivity contribution is -0.121. The first-order valence-electron chi connectivity index (χ1n) is 5.03. The van der Waals surface area contributed by atoms with Crippen molar-refractivity contribution in [2.45, 2.75) is 13.3 Å². The summed E-state index contributed by atoms with van der Waals surface area (Å²) in [5, 5.41) is 6.52. The number of nitrogens with zero attached hydrogens (tertiary/aromatic N) is 3. The van der Waals surface area contributed by atoms with Crippen LogP contribution in [0.1, 0.15) is 21.8 Å². The fourth-order valence-corrected chi connectivity index (χ4v) is 2.18. The molecule has 2 rings (SSSR count). The second kappa shape index (κ2) is 4.56. The number of aryl methyl sites for hydroxylation is 1. The Labute approximate surface area is 96.8 Å². The van der Waals surface area contributed by atoms with Crippen molar-refractivity contribution < 1.29 is 9.59 Å². The summed E-state index contributed by atoms with van der Waals surface area (Å²) in [7, 11) is 0. The van der Waals surface area contributed by atoms with Crippen LogP contribution >= 0.6 is 11.5 Å². The monoisotopic (exact) mass is 240 g/mol. The van der Waals surface area contributed by atoms with Gasteiger partial charge in [-0.1, -0.05) is 4.49 Å². The van der Waals surface area contributed by atoms with E-state index in [4.69, 9.17) is 0 Å². The van der Waals surface area contributed by atoms with Gasteiger partial charge in [-0.3, -0.25) is 9.59 Å². The molecule has 2 heterocycles. The van der Waals surface area contributed by atoms with Crippen LogP contribution in [0, 0.1) is 6.92 Å². The number of hydrogen-bond donors (Lipinski definition) is 1. The van der Waals surface area contributed by atoms with E-state index in [1.54, 1.807) is 11.8 Å². The first kappa shape index (κ1) is 11.0. The Morgan fingerprint density at radius 2 is 2.38 bits per heavy atom. The topological polar surface area (TPSA) is 75.2 Å². The Balaban J connectivity index is 2.15. The zero-order valence-electron chi connectivity index (χ0n) is 8.89. The maximum Gasteiger partial charge on any atom is 0.267 e. The molecule has 0 saturated carbocycles. The third kappa shape index (κ3) is 2.19. The van der Waals surface area contributed by atoms with Crippen LogP contribution in [0.25, 0.3) is 0 Å². The van der Waals surface area contributed by atoms with Crippen molar-refractivity contribution in [3.8, 4) is 0 Å². The molecule has 2 amide bonds. The van der Waals surface area contributed by atoms with E-state index in [1.807, 2.05) is 0 Å². The molecule has 0 aliphatic carbocycles. The van der Waals surface area contributed by atoms with Gasteiger partial charge in [0.2, 0.25) is 5.91 Å². The molecule has 0 spiro atoms. The Morgan fingerprint density at radius 3 is 3.06 bits per heavy atom. The molecule has 7 heteroatoms. The van der Waals surface area contributed by atoms with Gasteiger partial charge in [-0.05, 0) is 24.9 Å². The van der Waals surface area contributed by atoms with Crippen molar-refractivity contribution >= 4 is 23.3 Å². The Bertz CT molecular complexity index is 417. The maximum atomic E-state index is 12.1. The highest BCUT2D eigenvalue weighted by atomic mass is 32.1. The van der Waals surface area contributed by atoms with Gasteiger partial charge in [0.25, 0.3) is 5.91 Å². The number of rotatable bonds is 1. The minimum Gasteiger partial charge on any atom is -0.354 e. The van der Waals surface area contributed by atoms with Crippen LogP contribution < -0.4 is 5.32 Å². The van der Waals surface area contributed by atoms with Gasteiger partial charge in [0, 0.05) is 13.1 Å². The smallest absolute Gasteiger partial charge is 0.267 e. The Morgan fingerprint density at radius 1 is 1.56 bits per heavy atom. The molecule has 0 aromatic carbocycles. The zero-order valence-corrected chi connectivity index (χ0v) is 9.71. The van der Waals surface area contributed by atoms with Gasteiger partial charge in [0.1, 0.15) is 4.88 Å². The van der Waals surface area contributed by atoms with Crippen LogP contribution in [0.4, 0.5) is 0 Å². The number of amides is 2. The van der Waals surface area contributed by atoms with E-state index in [1.165, 1.54) is 0 Å². The normalized spacial score (nSPS) is 16.8. The molecule has 1 aromatic rings. The van der Waals surface area contributed by atoms with E-state index < -0.39 is 0 Å². The van der Waals surface area contributed by atoms with Gasteiger partial charge < -0.3 is 10.2 Å². The summed E-state index contributed by atoms with van der Waals surface area (Å²) in [6, 6.07) is 0. The van der Waals surface area contributed by atoms with Crippen LogP contribution in [0.2, 0.25) is 0 Å². The molecule has 0 radical (unpaired) electrons. The summed E-state index contributed by atoms with van der Waals surface area (Å²) >= 11 is 1.08. The number of nitrogens with one attached hydrogen (secondary N) is 1. The minimum atomic E-state index is -0.149. The van der Waals surface area contributed by atoms with Crippen molar-refractivity contribution in [2.75, 3.05) is 19.6 Å². The molecule has 86 valence electrons. The molecule has 16 heavy (non-hydrogen) atoms. The molecule has 6 nitrogen and oxygen atoms in total. The molecule has 0 atom stereocenters. The van der Waals surface area contributed by atoms with Gasteiger partial charge in [-0.2, -0.15) is 0 Å². The van der Waals surface area contributed by atoms with Crippen molar-refractivity contribution in [3.05, 3.63) is 10.6 Å². The van der Waals surface area contributed by atoms with Gasteiger partial charge in [-0.25, -0.2) is 0 Å². The standard InChI is InChI=1S/C9H12N4O2S/c1-6-8(16-12-11-6)9(15)13-4-2-3-10-7(14)5-13/h2-5H2,1H3,(H,10,14). The maximum absolute atomic E-state index is 12.1. The lowest BCUT2D eigenvalue weighted by Gasteiger charge is -2.17. The number of carbonyl (C=O) groups excluding carboxylic acids is 2. The van der Waals surface area contributed by atoms with Crippen molar-refractivity contribution in [1.29, 1.82) is 0 Å². The van der Waals surface area contributed by atoms with Gasteiger partial charge in [-0.15, -0.1) is 5.10 Å². The van der Waals surface area contributed by atoms with Crippen molar-refractivity contribution in [3.63, 3.8) is 0 Å². The number of carbonyl (C=O) groups is 2. The lowest BCUT2D eigenvalue weighted by Crippen LogP contribution is -2.37. The summed E-state index contributed by atoms with van der Waals surface area (Å²) < 4.78 is 3.72. The number of aromatic nitrogens is 2. The average molecular weight is 240 g/mol. The SMILES string of the molecule is Cc1nnsc1C(=O)N1CCCNC(=O)C1. The fourth-order valence-electron chi connectivity index (χ4n) is 1.55. The largest absolute Gasteiger partial charge is 0.354 e. The fraction of sp³-hybridized carbons (Fsp3) is 0.556. The Hall–Kier alpha value is -1.50. The highest BCUT2D eigenvalue weighted by Gasteiger charge is 2.23. The predicted molar refractivity (Wildman–Crippen MR) is 58.2 cm³/mol. The van der Waals surface area contributed by atoms with Gasteiger partial charge in [0.15, 0.2) is 0 Å². The molecule has 1 saturated heterocycles. The second-order valence-electron chi connectivity index (χ2n) is 3.62. The third-order valence-corrected chi connectivity index (χ3v) is 3.21. The highest BCUT2D eigenvalue weighted by molar-refractivity contribution is 7.07. The predicted octanol–water partition coefficient (Wildman–Crippen LogP) is -0.191. The van der Waals surface area contributed by atoms with Crippen molar-refractivity contribution in [1.82, 2.24) is 19.8 Å². The van der Waals surface area contributed by atoms with E-state index >= 15 is 0 Å². The molecule has 1 N–H and O–H groups in total. The molecule has 1 aliphatic rings. The highest BCUT2D eigenvalue weighted by Crippen LogP contribution is 2.13. The Kier molecular flexibility index (Phi) is 3.14. The van der Waals surface area contributed by atoms with E-state index in [0.717, 1.165) is 18.0 Å². The second-order valence-corrected chi connectivity index (χ2v) is 4.37. The van der Waals surface area contributed by atoms with Crippen molar-refractivity contribution in [2.24, 2.45) is 0 Å². The molecular formula is C9H12N4O2S. The van der Waals surface area contributed by atoms with E-state index in [9.17, 15) is 9.59 Å². The van der Waals surface area contributed by atoms with Crippen LogP contribution in [-0.4, -0.2) is 45.9 Å². The van der Waals surface area contributed by atoms with E-state index in [0.29, 0.717) is 23.7 Å². The summed E-state index contributed by atoms with van der Waals surface area (Å²) in [6.45, 7) is 3.09. The van der Waals surface area contributed by atoms with E-state index in [-0.39, 0.29) is 18.4 Å². The molecule has 0 bridgehead atoms. The number of hydrogen-bond acceptors (Lipinski definition) is 5.